The van der Waals surface area contributed by atoms with E-state index in [0.717, 1.165) is 38.5 Å². The molecular formula is C21H25F2N3O. The fraction of sp³-hybridized carbons (Fsp3) is 0.524. The Bertz CT molecular complexity index is 801. The van der Waals surface area contributed by atoms with Gasteiger partial charge in [0, 0.05) is 25.3 Å². The molecule has 0 saturated heterocycles. The normalized spacial score (nSPS) is 22.8. The summed E-state index contributed by atoms with van der Waals surface area (Å²) in [6.07, 6.45) is 4.63. The highest BCUT2D eigenvalue weighted by molar-refractivity contribution is 5.95. The average molecular weight is 373 g/mol. The van der Waals surface area contributed by atoms with Gasteiger partial charge in [0.25, 0.3) is 12.3 Å². The molecule has 2 fully saturated rings. The molecule has 1 heterocycles. The van der Waals surface area contributed by atoms with Gasteiger partial charge in [-0.05, 0) is 43.6 Å². The van der Waals surface area contributed by atoms with Crippen LogP contribution < -0.4 is 0 Å². The second kappa shape index (κ2) is 7.41. The quantitative estimate of drug-likeness (QED) is 0.763. The van der Waals surface area contributed by atoms with Crippen LogP contribution in [0.2, 0.25) is 0 Å². The second-order valence-corrected chi connectivity index (χ2v) is 7.77. The van der Waals surface area contributed by atoms with Gasteiger partial charge in [-0.15, -0.1) is 0 Å². The largest absolute Gasteiger partial charge is 0.333 e. The van der Waals surface area contributed by atoms with Gasteiger partial charge < -0.3 is 4.90 Å². The van der Waals surface area contributed by atoms with Crippen molar-refractivity contribution in [2.45, 2.75) is 63.0 Å². The van der Waals surface area contributed by atoms with Gasteiger partial charge in [-0.25, -0.2) is 8.78 Å². The van der Waals surface area contributed by atoms with Gasteiger partial charge in [0.15, 0.2) is 0 Å². The number of rotatable bonds is 5. The lowest BCUT2D eigenvalue weighted by molar-refractivity contribution is 0.0590. The third kappa shape index (κ3) is 3.75. The number of halogens is 2. The maximum atomic E-state index is 13.4. The van der Waals surface area contributed by atoms with E-state index in [1.54, 1.807) is 7.05 Å². The molecular weight excluding hydrogens is 348 g/mol. The minimum atomic E-state index is -2.74. The predicted molar refractivity (Wildman–Crippen MR) is 98.8 cm³/mol. The van der Waals surface area contributed by atoms with E-state index in [4.69, 9.17) is 0 Å². The van der Waals surface area contributed by atoms with Crippen molar-refractivity contribution in [1.82, 2.24) is 14.7 Å². The van der Waals surface area contributed by atoms with E-state index in [9.17, 15) is 13.6 Å². The van der Waals surface area contributed by atoms with E-state index in [1.165, 1.54) is 16.4 Å². The summed E-state index contributed by atoms with van der Waals surface area (Å²) in [5, 5.41) is 3.82. The molecule has 0 aliphatic heterocycles. The SMILES string of the molecule is Cn1cc(C(=O)N(C2CC2)C2CCCC(c3ccccc3)C2)c(C(F)F)n1. The van der Waals surface area contributed by atoms with Gasteiger partial charge in [-0.2, -0.15) is 5.10 Å². The fourth-order valence-electron chi connectivity index (χ4n) is 4.40. The highest BCUT2D eigenvalue weighted by atomic mass is 19.3. The summed E-state index contributed by atoms with van der Waals surface area (Å²) in [5.74, 6) is 0.141. The van der Waals surface area contributed by atoms with Gasteiger partial charge in [0.05, 0.1) is 5.56 Å². The van der Waals surface area contributed by atoms with Gasteiger partial charge in [0.2, 0.25) is 0 Å². The Labute approximate surface area is 158 Å². The van der Waals surface area contributed by atoms with Gasteiger partial charge in [-0.3, -0.25) is 9.48 Å². The van der Waals surface area contributed by atoms with Gasteiger partial charge in [0.1, 0.15) is 5.69 Å². The van der Waals surface area contributed by atoms with Crippen LogP contribution in [0, 0.1) is 0 Å². The Morgan fingerprint density at radius 1 is 1.15 bits per heavy atom. The zero-order valence-corrected chi connectivity index (χ0v) is 15.5. The lowest BCUT2D eigenvalue weighted by Crippen LogP contribution is -2.44. The van der Waals surface area contributed by atoms with Gasteiger partial charge in [-0.1, -0.05) is 36.8 Å². The highest BCUT2D eigenvalue weighted by Crippen LogP contribution is 2.40. The smallest absolute Gasteiger partial charge is 0.282 e. The van der Waals surface area contributed by atoms with Gasteiger partial charge >= 0.3 is 0 Å². The van der Waals surface area contributed by atoms with Crippen molar-refractivity contribution in [3.05, 3.63) is 53.3 Å². The Morgan fingerprint density at radius 2 is 1.89 bits per heavy atom. The summed E-state index contributed by atoms with van der Waals surface area (Å²) in [7, 11) is 1.58. The topological polar surface area (TPSA) is 38.1 Å². The van der Waals surface area contributed by atoms with E-state index in [2.05, 4.69) is 17.2 Å². The number of aromatic nitrogens is 2. The summed E-state index contributed by atoms with van der Waals surface area (Å²) in [6, 6.07) is 10.7. The van der Waals surface area contributed by atoms with Crippen molar-refractivity contribution >= 4 is 5.91 Å². The molecule has 2 saturated carbocycles. The van der Waals surface area contributed by atoms with Crippen molar-refractivity contribution in [3.8, 4) is 0 Å². The minimum Gasteiger partial charge on any atom is -0.333 e. The molecule has 1 amide bonds. The molecule has 2 unspecified atom stereocenters. The summed E-state index contributed by atoms with van der Waals surface area (Å²) >= 11 is 0. The van der Waals surface area contributed by atoms with E-state index < -0.39 is 12.1 Å². The monoisotopic (exact) mass is 373 g/mol. The number of hydrogen-bond donors (Lipinski definition) is 0. The van der Waals surface area contributed by atoms with Crippen LogP contribution in [0.25, 0.3) is 0 Å². The summed E-state index contributed by atoms with van der Waals surface area (Å²) in [5.41, 5.74) is 0.963. The van der Waals surface area contributed by atoms with Crippen LogP contribution >= 0.6 is 0 Å². The average Bonchev–Trinajstić information content (AvgIpc) is 3.42. The second-order valence-electron chi connectivity index (χ2n) is 7.77. The Hall–Kier alpha value is -2.24. The molecule has 2 aliphatic rings. The Kier molecular flexibility index (Phi) is 4.98. The predicted octanol–water partition coefficient (Wildman–Crippen LogP) is 4.69. The molecule has 2 aliphatic carbocycles. The molecule has 27 heavy (non-hydrogen) atoms. The third-order valence-electron chi connectivity index (χ3n) is 5.78. The van der Waals surface area contributed by atoms with E-state index in [0.29, 0.717) is 5.92 Å². The molecule has 0 radical (unpaired) electrons. The van der Waals surface area contributed by atoms with Crippen molar-refractivity contribution < 1.29 is 13.6 Å². The number of carbonyl (C=O) groups excluding carboxylic acids is 1. The van der Waals surface area contributed by atoms with Crippen LogP contribution in [0.15, 0.2) is 36.5 Å². The van der Waals surface area contributed by atoms with Crippen LogP contribution in [0.1, 0.15) is 72.5 Å². The number of nitrogens with zero attached hydrogens (tertiary/aromatic N) is 3. The van der Waals surface area contributed by atoms with Crippen molar-refractivity contribution in [3.63, 3.8) is 0 Å². The maximum Gasteiger partial charge on any atom is 0.282 e. The first-order valence-electron chi connectivity index (χ1n) is 9.74. The molecule has 6 heteroatoms. The maximum absolute atomic E-state index is 13.4. The first-order chi connectivity index (χ1) is 13.0. The standard InChI is InChI=1S/C21H25F2N3O/c1-25-13-18(19(24-25)20(22)23)21(27)26(16-10-11-16)17-9-5-8-15(12-17)14-6-3-2-4-7-14/h2-4,6-7,13,15-17,20H,5,8-12H2,1H3. The van der Waals surface area contributed by atoms with Crippen molar-refractivity contribution in [1.29, 1.82) is 0 Å². The highest BCUT2D eigenvalue weighted by Gasteiger charge is 2.41. The molecule has 0 N–H and O–H groups in total. The summed E-state index contributed by atoms with van der Waals surface area (Å²) < 4.78 is 28.0. The first kappa shape index (κ1) is 18.1. The van der Waals surface area contributed by atoms with E-state index in [-0.39, 0.29) is 23.6 Å². The zero-order valence-electron chi connectivity index (χ0n) is 15.5. The number of alkyl halides is 2. The molecule has 0 spiro atoms. The molecule has 0 bridgehead atoms. The number of aryl methyl sites for hydroxylation is 1. The number of benzene rings is 1. The fourth-order valence-corrected chi connectivity index (χ4v) is 4.40. The molecule has 1 aromatic carbocycles. The van der Waals surface area contributed by atoms with E-state index >= 15 is 0 Å². The first-order valence-corrected chi connectivity index (χ1v) is 9.74. The van der Waals surface area contributed by atoms with E-state index in [1.807, 2.05) is 23.1 Å². The van der Waals surface area contributed by atoms with Crippen molar-refractivity contribution in [2.24, 2.45) is 7.05 Å². The zero-order chi connectivity index (χ0) is 19.0. The summed E-state index contributed by atoms with van der Waals surface area (Å²) in [6.45, 7) is 0. The molecule has 2 atom stereocenters. The van der Waals surface area contributed by atoms with Crippen molar-refractivity contribution in [2.75, 3.05) is 0 Å². The van der Waals surface area contributed by atoms with Crippen LogP contribution in [0.5, 0.6) is 0 Å². The third-order valence-corrected chi connectivity index (χ3v) is 5.78. The lowest BCUT2D eigenvalue weighted by Gasteiger charge is -2.38. The molecule has 4 nitrogen and oxygen atoms in total. The minimum absolute atomic E-state index is 0.0567. The summed E-state index contributed by atoms with van der Waals surface area (Å²) in [4.78, 5) is 15.1. The number of carbonyl (C=O) groups is 1. The number of hydrogen-bond acceptors (Lipinski definition) is 2. The van der Waals surface area contributed by atoms with Crippen LogP contribution in [-0.4, -0.2) is 32.7 Å². The molecule has 4 rings (SSSR count). The van der Waals surface area contributed by atoms with Crippen LogP contribution in [-0.2, 0) is 7.05 Å². The Morgan fingerprint density at radius 3 is 2.56 bits per heavy atom. The van der Waals surface area contributed by atoms with Crippen LogP contribution in [0.3, 0.4) is 0 Å². The van der Waals surface area contributed by atoms with Crippen LogP contribution in [0.4, 0.5) is 8.78 Å². The number of amides is 1. The Balaban J connectivity index is 1.59. The lowest BCUT2D eigenvalue weighted by atomic mass is 9.80. The molecule has 144 valence electrons. The molecule has 2 aromatic rings. The molecule has 1 aromatic heterocycles.